The Morgan fingerprint density at radius 1 is 1.39 bits per heavy atom. The number of hydrogen-bond acceptors (Lipinski definition) is 4. The highest BCUT2D eigenvalue weighted by Gasteiger charge is 2.27. The molecule has 3 N–H and O–H groups in total. The van der Waals surface area contributed by atoms with Crippen molar-refractivity contribution in [3.63, 3.8) is 0 Å². The molecule has 0 aliphatic carbocycles. The molecule has 0 bridgehead atoms. The summed E-state index contributed by atoms with van der Waals surface area (Å²) in [4.78, 5) is 24.7. The zero-order valence-electron chi connectivity index (χ0n) is 11.0. The van der Waals surface area contributed by atoms with Gasteiger partial charge in [0.25, 0.3) is 5.91 Å². The normalized spacial score (nSPS) is 19.7. The number of rotatable bonds is 6. The molecule has 0 aromatic heterocycles. The van der Waals surface area contributed by atoms with Crippen LogP contribution in [-0.4, -0.2) is 55.6 Å². The summed E-state index contributed by atoms with van der Waals surface area (Å²) in [5.74, 6) is -0.146. The van der Waals surface area contributed by atoms with Crippen LogP contribution in [0.1, 0.15) is 26.2 Å². The Labute approximate surface area is 108 Å². The van der Waals surface area contributed by atoms with Gasteiger partial charge in [-0.3, -0.25) is 9.59 Å². The van der Waals surface area contributed by atoms with Gasteiger partial charge in [-0.2, -0.15) is 0 Å². The largest absolute Gasteiger partial charge is 0.365 e. The molecular formula is C12H23N3O3. The summed E-state index contributed by atoms with van der Waals surface area (Å²) in [6.45, 7) is 4.17. The van der Waals surface area contributed by atoms with Crippen molar-refractivity contribution in [1.82, 2.24) is 10.2 Å². The van der Waals surface area contributed by atoms with Crippen LogP contribution in [0.3, 0.4) is 0 Å². The summed E-state index contributed by atoms with van der Waals surface area (Å²) < 4.78 is 5.37. The number of unbranched alkanes of at least 4 members (excludes halogenated alkanes) is 2. The average molecular weight is 257 g/mol. The van der Waals surface area contributed by atoms with E-state index in [2.05, 4.69) is 5.32 Å². The van der Waals surface area contributed by atoms with Crippen LogP contribution in [0.4, 0.5) is 0 Å². The Balaban J connectivity index is 2.22. The molecule has 1 aliphatic rings. The average Bonchev–Trinajstić information content (AvgIpc) is 2.38. The molecule has 0 aromatic rings. The Hall–Kier alpha value is -1.14. The van der Waals surface area contributed by atoms with Gasteiger partial charge in [-0.05, 0) is 19.4 Å². The summed E-state index contributed by atoms with van der Waals surface area (Å²) in [5.41, 5.74) is 5.39. The zero-order chi connectivity index (χ0) is 13.4. The van der Waals surface area contributed by atoms with Gasteiger partial charge in [-0.25, -0.2) is 0 Å². The number of ether oxygens (including phenoxy) is 1. The Morgan fingerprint density at radius 3 is 2.83 bits per heavy atom. The third-order valence-electron chi connectivity index (χ3n) is 2.98. The number of nitrogens with one attached hydrogen (secondary N) is 1. The van der Waals surface area contributed by atoms with E-state index >= 15 is 0 Å². The van der Waals surface area contributed by atoms with E-state index in [-0.39, 0.29) is 11.8 Å². The topological polar surface area (TPSA) is 84.7 Å². The fourth-order valence-electron chi connectivity index (χ4n) is 1.87. The SMILES string of the molecule is CC(=O)N1CCOC(C(=O)NCCCCCN)C1. The first-order chi connectivity index (χ1) is 8.65. The van der Waals surface area contributed by atoms with E-state index in [1.807, 2.05) is 0 Å². The summed E-state index contributed by atoms with van der Waals surface area (Å²) in [6, 6.07) is 0. The first kappa shape index (κ1) is 14.9. The number of carbonyl (C=O) groups excluding carboxylic acids is 2. The second kappa shape index (κ2) is 8.05. The van der Waals surface area contributed by atoms with E-state index in [9.17, 15) is 9.59 Å². The lowest BCUT2D eigenvalue weighted by atomic mass is 10.2. The van der Waals surface area contributed by atoms with Crippen LogP contribution in [0.25, 0.3) is 0 Å². The maximum absolute atomic E-state index is 11.8. The highest BCUT2D eigenvalue weighted by molar-refractivity contribution is 5.82. The van der Waals surface area contributed by atoms with Crippen LogP contribution in [-0.2, 0) is 14.3 Å². The van der Waals surface area contributed by atoms with Crippen molar-refractivity contribution < 1.29 is 14.3 Å². The van der Waals surface area contributed by atoms with Gasteiger partial charge in [0, 0.05) is 20.0 Å². The van der Waals surface area contributed by atoms with Crippen LogP contribution in [0.2, 0.25) is 0 Å². The lowest BCUT2D eigenvalue weighted by Gasteiger charge is -2.31. The molecule has 1 aliphatic heterocycles. The van der Waals surface area contributed by atoms with E-state index in [0.29, 0.717) is 32.8 Å². The molecule has 1 atom stereocenters. The second-order valence-electron chi connectivity index (χ2n) is 4.46. The molecule has 1 saturated heterocycles. The lowest BCUT2D eigenvalue weighted by Crippen LogP contribution is -2.51. The van der Waals surface area contributed by atoms with E-state index in [0.717, 1.165) is 19.3 Å². The lowest BCUT2D eigenvalue weighted by molar-refractivity contribution is -0.145. The summed E-state index contributed by atoms with van der Waals surface area (Å²) in [5, 5.41) is 2.83. The van der Waals surface area contributed by atoms with E-state index < -0.39 is 6.10 Å². The van der Waals surface area contributed by atoms with Gasteiger partial charge >= 0.3 is 0 Å². The Morgan fingerprint density at radius 2 is 2.17 bits per heavy atom. The van der Waals surface area contributed by atoms with E-state index in [4.69, 9.17) is 10.5 Å². The van der Waals surface area contributed by atoms with Crippen LogP contribution >= 0.6 is 0 Å². The first-order valence-electron chi connectivity index (χ1n) is 6.50. The molecule has 0 radical (unpaired) electrons. The smallest absolute Gasteiger partial charge is 0.250 e. The molecule has 0 aromatic carbocycles. The molecule has 0 saturated carbocycles. The van der Waals surface area contributed by atoms with Gasteiger partial charge in [0.15, 0.2) is 6.10 Å². The predicted molar refractivity (Wildman–Crippen MR) is 67.9 cm³/mol. The Kier molecular flexibility index (Phi) is 6.67. The van der Waals surface area contributed by atoms with Gasteiger partial charge in [0.05, 0.1) is 13.2 Å². The molecule has 1 fully saturated rings. The molecule has 18 heavy (non-hydrogen) atoms. The molecular weight excluding hydrogens is 234 g/mol. The molecule has 2 amide bonds. The van der Waals surface area contributed by atoms with Crippen LogP contribution in [0, 0.1) is 0 Å². The number of carbonyl (C=O) groups is 2. The maximum Gasteiger partial charge on any atom is 0.250 e. The zero-order valence-corrected chi connectivity index (χ0v) is 11.0. The van der Waals surface area contributed by atoms with Gasteiger partial charge < -0.3 is 20.7 Å². The summed E-state index contributed by atoms with van der Waals surface area (Å²) in [6.07, 6.45) is 2.39. The summed E-state index contributed by atoms with van der Waals surface area (Å²) in [7, 11) is 0. The number of amides is 2. The molecule has 6 heteroatoms. The number of nitrogens with two attached hydrogens (primary N) is 1. The molecule has 104 valence electrons. The highest BCUT2D eigenvalue weighted by atomic mass is 16.5. The maximum atomic E-state index is 11.8. The van der Waals surface area contributed by atoms with Crippen LogP contribution in [0.15, 0.2) is 0 Å². The van der Waals surface area contributed by atoms with Crippen molar-refractivity contribution >= 4 is 11.8 Å². The molecule has 6 nitrogen and oxygen atoms in total. The van der Waals surface area contributed by atoms with E-state index in [1.165, 1.54) is 6.92 Å². The summed E-state index contributed by atoms with van der Waals surface area (Å²) >= 11 is 0. The molecule has 1 heterocycles. The standard InChI is InChI=1S/C12H23N3O3/c1-10(16)15-7-8-18-11(9-15)12(17)14-6-4-2-3-5-13/h11H,2-9,13H2,1H3,(H,14,17). The predicted octanol–water partition coefficient (Wildman–Crippen LogP) is -0.521. The first-order valence-corrected chi connectivity index (χ1v) is 6.50. The van der Waals surface area contributed by atoms with Crippen molar-refractivity contribution in [2.24, 2.45) is 5.73 Å². The quantitative estimate of drug-likeness (QED) is 0.627. The Bertz CT molecular complexity index is 284. The van der Waals surface area contributed by atoms with Gasteiger partial charge in [0.1, 0.15) is 0 Å². The van der Waals surface area contributed by atoms with Crippen LogP contribution in [0.5, 0.6) is 0 Å². The van der Waals surface area contributed by atoms with Crippen molar-refractivity contribution in [1.29, 1.82) is 0 Å². The van der Waals surface area contributed by atoms with Gasteiger partial charge in [0.2, 0.25) is 5.91 Å². The fourth-order valence-corrected chi connectivity index (χ4v) is 1.87. The van der Waals surface area contributed by atoms with Gasteiger partial charge in [-0.15, -0.1) is 0 Å². The van der Waals surface area contributed by atoms with Crippen molar-refractivity contribution in [3.05, 3.63) is 0 Å². The second-order valence-corrected chi connectivity index (χ2v) is 4.46. The van der Waals surface area contributed by atoms with Crippen molar-refractivity contribution in [3.8, 4) is 0 Å². The minimum atomic E-state index is -0.530. The fraction of sp³-hybridized carbons (Fsp3) is 0.833. The van der Waals surface area contributed by atoms with Crippen molar-refractivity contribution in [2.45, 2.75) is 32.3 Å². The third-order valence-corrected chi connectivity index (χ3v) is 2.98. The van der Waals surface area contributed by atoms with Gasteiger partial charge in [-0.1, -0.05) is 6.42 Å². The van der Waals surface area contributed by atoms with Crippen molar-refractivity contribution in [2.75, 3.05) is 32.8 Å². The molecule has 1 unspecified atom stereocenters. The molecule has 1 rings (SSSR count). The molecule has 0 spiro atoms. The number of nitrogens with zero attached hydrogens (tertiary/aromatic N) is 1. The third kappa shape index (κ3) is 5.01. The minimum Gasteiger partial charge on any atom is -0.365 e. The monoisotopic (exact) mass is 257 g/mol. The highest BCUT2D eigenvalue weighted by Crippen LogP contribution is 2.05. The van der Waals surface area contributed by atoms with Crippen LogP contribution < -0.4 is 11.1 Å². The number of morpholine rings is 1. The van der Waals surface area contributed by atoms with E-state index in [1.54, 1.807) is 4.90 Å². The minimum absolute atomic E-state index is 0.0148. The number of hydrogen-bond donors (Lipinski definition) is 2.